The van der Waals surface area contributed by atoms with Crippen LogP contribution in [-0.2, 0) is 6.42 Å². The molecule has 0 fully saturated rings. The number of methoxy groups -OCH3 is 1. The van der Waals surface area contributed by atoms with Crippen LogP contribution >= 0.6 is 0 Å². The fraction of sp³-hybridized carbons (Fsp3) is 0.182. The van der Waals surface area contributed by atoms with Gasteiger partial charge in [0, 0.05) is 12.0 Å². The Morgan fingerprint density at radius 3 is 2.94 bits per heavy atom. The highest BCUT2D eigenvalue weighted by atomic mass is 16.5. The van der Waals surface area contributed by atoms with Gasteiger partial charge in [0.15, 0.2) is 5.78 Å². The Balaban J connectivity index is 2.18. The fourth-order valence-corrected chi connectivity index (χ4v) is 1.45. The van der Waals surface area contributed by atoms with Gasteiger partial charge in [-0.1, -0.05) is 18.2 Å². The summed E-state index contributed by atoms with van der Waals surface area (Å²) in [5.74, 6) is 0.623. The fourth-order valence-electron chi connectivity index (χ4n) is 1.45. The van der Waals surface area contributed by atoms with Gasteiger partial charge in [-0.3, -0.25) is 4.79 Å². The van der Waals surface area contributed by atoms with Gasteiger partial charge in [0.05, 0.1) is 13.3 Å². The normalized spacial score (nSPS) is 10.1. The number of aromatic nitrogens is 3. The highest BCUT2D eigenvalue weighted by molar-refractivity contribution is 5.95. The van der Waals surface area contributed by atoms with Gasteiger partial charge in [0.1, 0.15) is 11.4 Å². The van der Waals surface area contributed by atoms with E-state index in [1.807, 2.05) is 24.3 Å². The molecule has 0 unspecified atom stereocenters. The quantitative estimate of drug-likeness (QED) is 0.782. The number of ketones is 1. The Bertz CT molecular complexity index is 480. The molecule has 82 valence electrons. The van der Waals surface area contributed by atoms with Crippen LogP contribution in [0.15, 0.2) is 30.5 Å². The highest BCUT2D eigenvalue weighted by Crippen LogP contribution is 2.18. The standard InChI is InChI=1S/C11H11N3O2/c1-16-11-5-3-2-4-8(11)6-10(15)9-7-12-14-13-9/h2-5,7H,6H2,1H3,(H,12,13,14). The molecule has 5 heteroatoms. The van der Waals surface area contributed by atoms with E-state index < -0.39 is 0 Å². The van der Waals surface area contributed by atoms with Crippen LogP contribution in [0.4, 0.5) is 0 Å². The molecule has 0 atom stereocenters. The molecule has 1 aromatic carbocycles. The summed E-state index contributed by atoms with van der Waals surface area (Å²) in [5, 5.41) is 9.75. The first-order valence-electron chi connectivity index (χ1n) is 4.82. The van der Waals surface area contributed by atoms with Crippen molar-refractivity contribution in [1.29, 1.82) is 0 Å². The van der Waals surface area contributed by atoms with Gasteiger partial charge in [-0.2, -0.15) is 15.4 Å². The summed E-state index contributed by atoms with van der Waals surface area (Å²) in [6.45, 7) is 0. The molecule has 0 aliphatic heterocycles. The van der Waals surface area contributed by atoms with Crippen LogP contribution < -0.4 is 4.74 Å². The molecule has 0 aliphatic carbocycles. The molecule has 1 N–H and O–H groups in total. The number of hydrogen-bond acceptors (Lipinski definition) is 4. The summed E-state index contributed by atoms with van der Waals surface area (Å²) in [6.07, 6.45) is 1.67. The van der Waals surface area contributed by atoms with Gasteiger partial charge in [0.25, 0.3) is 0 Å². The SMILES string of the molecule is COc1ccccc1CC(=O)c1cn[nH]n1. The van der Waals surface area contributed by atoms with Crippen molar-refractivity contribution in [2.24, 2.45) is 0 Å². The Morgan fingerprint density at radius 1 is 1.44 bits per heavy atom. The number of H-pyrrole nitrogens is 1. The minimum Gasteiger partial charge on any atom is -0.496 e. The molecule has 0 bridgehead atoms. The number of para-hydroxylation sites is 1. The average molecular weight is 217 g/mol. The number of benzene rings is 1. The Labute approximate surface area is 92.4 Å². The average Bonchev–Trinajstić information content (AvgIpc) is 2.83. The molecule has 0 saturated carbocycles. The van der Waals surface area contributed by atoms with E-state index in [1.54, 1.807) is 7.11 Å². The lowest BCUT2D eigenvalue weighted by atomic mass is 10.1. The number of Topliss-reactive ketones (excluding diaryl/α,β-unsaturated/α-hetero) is 1. The lowest BCUT2D eigenvalue weighted by Crippen LogP contribution is -2.05. The molecule has 1 aromatic heterocycles. The molecule has 2 aromatic rings. The summed E-state index contributed by atoms with van der Waals surface area (Å²) in [5.41, 5.74) is 1.18. The lowest BCUT2D eigenvalue weighted by molar-refractivity contribution is 0.0987. The van der Waals surface area contributed by atoms with Crippen molar-refractivity contribution in [3.63, 3.8) is 0 Å². The van der Waals surface area contributed by atoms with Crippen molar-refractivity contribution in [3.8, 4) is 5.75 Å². The lowest BCUT2D eigenvalue weighted by Gasteiger charge is -2.05. The number of hydrogen-bond donors (Lipinski definition) is 1. The van der Waals surface area contributed by atoms with E-state index in [2.05, 4.69) is 15.4 Å². The van der Waals surface area contributed by atoms with Crippen molar-refractivity contribution < 1.29 is 9.53 Å². The zero-order valence-electron chi connectivity index (χ0n) is 8.80. The van der Waals surface area contributed by atoms with Gasteiger partial charge < -0.3 is 4.74 Å². The van der Waals surface area contributed by atoms with E-state index in [0.29, 0.717) is 11.4 Å². The summed E-state index contributed by atoms with van der Waals surface area (Å²) in [6, 6.07) is 7.42. The number of carbonyl (C=O) groups is 1. The van der Waals surface area contributed by atoms with E-state index in [1.165, 1.54) is 6.20 Å². The maximum absolute atomic E-state index is 11.8. The number of nitrogens with zero attached hydrogens (tertiary/aromatic N) is 2. The summed E-state index contributed by atoms with van der Waals surface area (Å²) in [4.78, 5) is 11.8. The van der Waals surface area contributed by atoms with E-state index in [-0.39, 0.29) is 12.2 Å². The van der Waals surface area contributed by atoms with Crippen molar-refractivity contribution >= 4 is 5.78 Å². The minimum atomic E-state index is -0.0850. The van der Waals surface area contributed by atoms with E-state index in [0.717, 1.165) is 5.56 Å². The van der Waals surface area contributed by atoms with Crippen LogP contribution in [0.2, 0.25) is 0 Å². The first-order chi connectivity index (χ1) is 7.81. The summed E-state index contributed by atoms with van der Waals surface area (Å²) < 4.78 is 5.17. The smallest absolute Gasteiger partial charge is 0.189 e. The predicted molar refractivity (Wildman–Crippen MR) is 57.4 cm³/mol. The number of rotatable bonds is 4. The number of carbonyl (C=O) groups excluding carboxylic acids is 1. The molecule has 0 aliphatic rings. The van der Waals surface area contributed by atoms with Crippen molar-refractivity contribution in [2.45, 2.75) is 6.42 Å². The molecule has 5 nitrogen and oxygen atoms in total. The molecule has 16 heavy (non-hydrogen) atoms. The molecule has 0 saturated heterocycles. The van der Waals surface area contributed by atoms with Crippen molar-refractivity contribution in [1.82, 2.24) is 15.4 Å². The zero-order valence-corrected chi connectivity index (χ0v) is 8.80. The van der Waals surface area contributed by atoms with Crippen molar-refractivity contribution in [3.05, 3.63) is 41.7 Å². The zero-order chi connectivity index (χ0) is 11.4. The van der Waals surface area contributed by atoms with Gasteiger partial charge in [-0.15, -0.1) is 0 Å². The molecule has 0 spiro atoms. The van der Waals surface area contributed by atoms with Crippen LogP contribution in [-0.4, -0.2) is 28.3 Å². The second-order valence-corrected chi connectivity index (χ2v) is 3.27. The monoisotopic (exact) mass is 217 g/mol. The minimum absolute atomic E-state index is 0.0850. The molecule has 0 amide bonds. The topological polar surface area (TPSA) is 67.9 Å². The number of nitrogens with one attached hydrogen (secondary N) is 1. The summed E-state index contributed by atoms with van der Waals surface area (Å²) in [7, 11) is 1.58. The van der Waals surface area contributed by atoms with Crippen LogP contribution in [0.3, 0.4) is 0 Å². The third-order valence-corrected chi connectivity index (χ3v) is 2.24. The number of ether oxygens (including phenoxy) is 1. The maximum Gasteiger partial charge on any atom is 0.189 e. The molecular weight excluding hydrogens is 206 g/mol. The largest absolute Gasteiger partial charge is 0.496 e. The third kappa shape index (κ3) is 2.08. The maximum atomic E-state index is 11.8. The first-order valence-corrected chi connectivity index (χ1v) is 4.82. The van der Waals surface area contributed by atoms with Gasteiger partial charge in [-0.05, 0) is 6.07 Å². The Kier molecular flexibility index (Phi) is 2.95. The van der Waals surface area contributed by atoms with E-state index in [4.69, 9.17) is 4.74 Å². The molecule has 0 radical (unpaired) electrons. The third-order valence-electron chi connectivity index (χ3n) is 2.24. The molecule has 2 rings (SSSR count). The van der Waals surface area contributed by atoms with Crippen LogP contribution in [0.25, 0.3) is 0 Å². The Morgan fingerprint density at radius 2 is 2.25 bits per heavy atom. The summed E-state index contributed by atoms with van der Waals surface area (Å²) >= 11 is 0. The van der Waals surface area contributed by atoms with Crippen LogP contribution in [0.5, 0.6) is 5.75 Å². The van der Waals surface area contributed by atoms with Gasteiger partial charge in [0.2, 0.25) is 0 Å². The van der Waals surface area contributed by atoms with E-state index >= 15 is 0 Å². The molecule has 1 heterocycles. The first kappa shape index (κ1) is 10.4. The van der Waals surface area contributed by atoms with E-state index in [9.17, 15) is 4.79 Å². The van der Waals surface area contributed by atoms with Crippen molar-refractivity contribution in [2.75, 3.05) is 7.11 Å². The predicted octanol–water partition coefficient (Wildman–Crippen LogP) is 1.24. The number of aromatic amines is 1. The highest BCUT2D eigenvalue weighted by Gasteiger charge is 2.12. The van der Waals surface area contributed by atoms with Gasteiger partial charge in [-0.25, -0.2) is 0 Å². The van der Waals surface area contributed by atoms with Crippen LogP contribution in [0, 0.1) is 0 Å². The van der Waals surface area contributed by atoms with Crippen LogP contribution in [0.1, 0.15) is 16.1 Å². The second kappa shape index (κ2) is 4.57. The Hall–Kier alpha value is -2.17. The van der Waals surface area contributed by atoms with Gasteiger partial charge >= 0.3 is 0 Å². The second-order valence-electron chi connectivity index (χ2n) is 3.27. The molecular formula is C11H11N3O2.